The lowest BCUT2D eigenvalue weighted by molar-refractivity contribution is 1.49. The van der Waals surface area contributed by atoms with Crippen LogP contribution in [0.1, 0.15) is 6.42 Å². The summed E-state index contributed by atoms with van der Waals surface area (Å²) < 4.78 is 0.930. The maximum Gasteiger partial charge on any atom is 0.122 e. The van der Waals surface area contributed by atoms with Crippen molar-refractivity contribution >= 4 is 28.3 Å². The molecule has 3 heteroatoms. The first-order valence-corrected chi connectivity index (χ1v) is 3.24. The molecule has 1 aliphatic rings. The first kappa shape index (κ1) is 5.76. The van der Waals surface area contributed by atoms with E-state index in [1.807, 2.05) is 12.1 Å². The molecular formula is C5H3IN2. The molecule has 0 aromatic heterocycles. The molecule has 8 heavy (non-hydrogen) atoms. The molecule has 0 unspecified atom stereocenters. The van der Waals surface area contributed by atoms with Gasteiger partial charge in [0.25, 0.3) is 0 Å². The SMILES string of the molecule is N#CC1=NC(I)=CC1. The average Bonchev–Trinajstić information content (AvgIpc) is 2.14. The first-order valence-electron chi connectivity index (χ1n) is 2.16. The number of nitriles is 1. The fourth-order valence-electron chi connectivity index (χ4n) is 0.472. The molecule has 0 aromatic carbocycles. The molecule has 0 amide bonds. The van der Waals surface area contributed by atoms with Gasteiger partial charge >= 0.3 is 0 Å². The monoisotopic (exact) mass is 218 g/mol. The van der Waals surface area contributed by atoms with Crippen molar-refractivity contribution < 1.29 is 0 Å². The summed E-state index contributed by atoms with van der Waals surface area (Å²) in [6.45, 7) is 0. The van der Waals surface area contributed by atoms with Gasteiger partial charge < -0.3 is 0 Å². The van der Waals surface area contributed by atoms with Crippen LogP contribution in [0.4, 0.5) is 0 Å². The Balaban J connectivity index is 2.74. The minimum absolute atomic E-state index is 0.620. The number of hydrogen-bond donors (Lipinski definition) is 0. The molecule has 0 N–H and O–H groups in total. The zero-order valence-corrected chi connectivity index (χ0v) is 6.21. The van der Waals surface area contributed by atoms with E-state index >= 15 is 0 Å². The summed E-state index contributed by atoms with van der Waals surface area (Å²) in [5.74, 6) is 0. The van der Waals surface area contributed by atoms with Gasteiger partial charge in [-0.2, -0.15) is 5.26 Å². The number of rotatable bonds is 0. The van der Waals surface area contributed by atoms with Gasteiger partial charge in [-0.1, -0.05) is 0 Å². The zero-order chi connectivity index (χ0) is 5.98. The van der Waals surface area contributed by atoms with Gasteiger partial charge in [0.2, 0.25) is 0 Å². The molecule has 0 spiro atoms. The lowest BCUT2D eigenvalue weighted by Crippen LogP contribution is -1.83. The van der Waals surface area contributed by atoms with E-state index in [0.29, 0.717) is 5.71 Å². The highest BCUT2D eigenvalue weighted by atomic mass is 127. The molecule has 2 nitrogen and oxygen atoms in total. The Bertz CT molecular complexity index is 197. The molecule has 0 saturated heterocycles. The molecule has 0 bridgehead atoms. The van der Waals surface area contributed by atoms with Crippen LogP contribution in [0.5, 0.6) is 0 Å². The lowest BCUT2D eigenvalue weighted by Gasteiger charge is -1.75. The Labute approximate surface area is 61.1 Å². The fourth-order valence-corrected chi connectivity index (χ4v) is 0.983. The minimum atomic E-state index is 0.620. The van der Waals surface area contributed by atoms with Gasteiger partial charge in [-0.15, -0.1) is 0 Å². The van der Waals surface area contributed by atoms with Crippen LogP contribution in [0.3, 0.4) is 0 Å². The van der Waals surface area contributed by atoms with Gasteiger partial charge in [0.15, 0.2) is 0 Å². The quantitative estimate of drug-likeness (QED) is 0.449. The molecule has 0 fully saturated rings. The summed E-state index contributed by atoms with van der Waals surface area (Å²) in [7, 11) is 0. The van der Waals surface area contributed by atoms with Gasteiger partial charge in [0, 0.05) is 6.42 Å². The second-order valence-corrected chi connectivity index (χ2v) is 2.51. The summed E-state index contributed by atoms with van der Waals surface area (Å²) in [4.78, 5) is 3.91. The van der Waals surface area contributed by atoms with Crippen molar-refractivity contribution in [2.75, 3.05) is 0 Å². The lowest BCUT2D eigenvalue weighted by atomic mass is 10.3. The molecule has 0 radical (unpaired) electrons. The second kappa shape index (κ2) is 2.27. The van der Waals surface area contributed by atoms with Gasteiger partial charge in [-0.25, -0.2) is 4.99 Å². The van der Waals surface area contributed by atoms with E-state index in [4.69, 9.17) is 5.26 Å². The largest absolute Gasteiger partial charge is 0.236 e. The van der Waals surface area contributed by atoms with Crippen molar-refractivity contribution in [3.05, 3.63) is 9.78 Å². The van der Waals surface area contributed by atoms with Crippen LogP contribution in [0.25, 0.3) is 0 Å². The van der Waals surface area contributed by atoms with Crippen LogP contribution in [0, 0.1) is 11.3 Å². The van der Waals surface area contributed by atoms with Crippen molar-refractivity contribution in [3.8, 4) is 6.07 Å². The highest BCUT2D eigenvalue weighted by Gasteiger charge is 2.02. The number of aliphatic imine (C=N–C) groups is 1. The topological polar surface area (TPSA) is 36.1 Å². The van der Waals surface area contributed by atoms with Crippen molar-refractivity contribution in [3.63, 3.8) is 0 Å². The maximum atomic E-state index is 8.27. The molecule has 0 atom stereocenters. The molecule has 40 valence electrons. The normalized spacial score (nSPS) is 17.0. The summed E-state index contributed by atoms with van der Waals surface area (Å²) >= 11 is 2.09. The van der Waals surface area contributed by atoms with Crippen LogP contribution in [0.15, 0.2) is 14.8 Å². The third-order valence-corrected chi connectivity index (χ3v) is 1.52. The standard InChI is InChI=1S/C5H3IN2/c6-5-2-1-4(3-7)8-5/h2H,1H2. The Morgan fingerprint density at radius 1 is 1.88 bits per heavy atom. The highest BCUT2D eigenvalue weighted by Crippen LogP contribution is 2.15. The smallest absolute Gasteiger partial charge is 0.122 e. The van der Waals surface area contributed by atoms with Crippen LogP contribution in [-0.2, 0) is 0 Å². The van der Waals surface area contributed by atoms with Gasteiger partial charge in [0.1, 0.15) is 11.8 Å². The van der Waals surface area contributed by atoms with Gasteiger partial charge in [-0.05, 0) is 28.7 Å². The van der Waals surface area contributed by atoms with E-state index < -0.39 is 0 Å². The predicted molar refractivity (Wildman–Crippen MR) is 39.8 cm³/mol. The molecule has 1 aliphatic heterocycles. The van der Waals surface area contributed by atoms with Crippen molar-refractivity contribution in [2.24, 2.45) is 4.99 Å². The van der Waals surface area contributed by atoms with Crippen LogP contribution in [-0.4, -0.2) is 5.71 Å². The van der Waals surface area contributed by atoms with Crippen LogP contribution >= 0.6 is 22.6 Å². The predicted octanol–water partition coefficient (Wildman–Crippen LogP) is 1.63. The van der Waals surface area contributed by atoms with E-state index in [0.717, 1.165) is 10.1 Å². The van der Waals surface area contributed by atoms with Gasteiger partial charge in [-0.3, -0.25) is 0 Å². The first-order chi connectivity index (χ1) is 3.83. The van der Waals surface area contributed by atoms with E-state index in [9.17, 15) is 0 Å². The Kier molecular flexibility index (Phi) is 1.63. The number of halogens is 1. The van der Waals surface area contributed by atoms with Crippen molar-refractivity contribution in [1.29, 1.82) is 5.26 Å². The maximum absolute atomic E-state index is 8.27. The van der Waals surface area contributed by atoms with E-state index in [1.54, 1.807) is 0 Å². The summed E-state index contributed by atoms with van der Waals surface area (Å²) in [5, 5.41) is 8.27. The third-order valence-electron chi connectivity index (χ3n) is 0.835. The van der Waals surface area contributed by atoms with Crippen LogP contribution < -0.4 is 0 Å². The zero-order valence-electron chi connectivity index (χ0n) is 4.06. The second-order valence-electron chi connectivity index (χ2n) is 1.40. The Hall–Kier alpha value is -0.370. The van der Waals surface area contributed by atoms with Crippen LogP contribution in [0.2, 0.25) is 0 Å². The van der Waals surface area contributed by atoms with E-state index in [1.165, 1.54) is 0 Å². The average molecular weight is 218 g/mol. The Morgan fingerprint density at radius 2 is 2.62 bits per heavy atom. The third kappa shape index (κ3) is 1.07. The van der Waals surface area contributed by atoms with Crippen molar-refractivity contribution in [2.45, 2.75) is 6.42 Å². The molecule has 0 aliphatic carbocycles. The van der Waals surface area contributed by atoms with Gasteiger partial charge in [0.05, 0.1) is 3.70 Å². The molecule has 1 rings (SSSR count). The Morgan fingerprint density at radius 3 is 2.88 bits per heavy atom. The summed E-state index contributed by atoms with van der Waals surface area (Å²) in [5.41, 5.74) is 0.620. The summed E-state index contributed by atoms with van der Waals surface area (Å²) in [6, 6.07) is 1.99. The molecular weight excluding hydrogens is 215 g/mol. The molecule has 0 saturated carbocycles. The minimum Gasteiger partial charge on any atom is -0.236 e. The van der Waals surface area contributed by atoms with Crippen molar-refractivity contribution in [1.82, 2.24) is 0 Å². The van der Waals surface area contributed by atoms with E-state index in [2.05, 4.69) is 27.6 Å². The summed E-state index contributed by atoms with van der Waals surface area (Å²) in [6.07, 6.45) is 2.65. The number of hydrogen-bond acceptors (Lipinski definition) is 2. The molecule has 1 heterocycles. The number of allylic oxidation sites excluding steroid dienone is 1. The highest BCUT2D eigenvalue weighted by molar-refractivity contribution is 14.1. The fraction of sp³-hybridized carbons (Fsp3) is 0.200. The number of nitrogens with zero attached hydrogens (tertiary/aromatic N) is 2. The van der Waals surface area contributed by atoms with E-state index in [-0.39, 0.29) is 0 Å². The molecule has 0 aromatic rings.